The van der Waals surface area contributed by atoms with Gasteiger partial charge in [-0.15, -0.1) is 11.8 Å². The molecular weight excluding hydrogens is 496 g/mol. The molecule has 1 atom stereocenters. The summed E-state index contributed by atoms with van der Waals surface area (Å²) < 4.78 is 5.50. The van der Waals surface area contributed by atoms with E-state index in [2.05, 4.69) is 65.7 Å². The van der Waals surface area contributed by atoms with Crippen molar-refractivity contribution < 1.29 is 14.3 Å². The predicted octanol–water partition coefficient (Wildman–Crippen LogP) is 5.70. The van der Waals surface area contributed by atoms with E-state index in [4.69, 9.17) is 10.00 Å². The Labute approximate surface area is 230 Å². The van der Waals surface area contributed by atoms with Crippen molar-refractivity contribution in [3.63, 3.8) is 0 Å². The van der Waals surface area contributed by atoms with E-state index < -0.39 is 5.60 Å². The molecule has 1 saturated heterocycles. The zero-order chi connectivity index (χ0) is 27.3. The molecule has 2 aromatic rings. The number of piperazine rings is 1. The van der Waals surface area contributed by atoms with Crippen LogP contribution < -0.4 is 10.2 Å². The Morgan fingerprint density at radius 3 is 2.13 bits per heavy atom. The number of ether oxygens (including phenoxy) is 1. The number of carbonyl (C=O) groups is 2. The summed E-state index contributed by atoms with van der Waals surface area (Å²) in [6.07, 6.45) is 2.89. The van der Waals surface area contributed by atoms with Crippen LogP contribution in [0, 0.1) is 16.7 Å². The SMILES string of the molecule is CC1(CC(Sc2ccc(-c3ccc(N4CCN(C(=O)OC(C)(C)C)CC4)cc3)cc2)C(=O)NCC#N)CC1. The molecule has 1 unspecified atom stereocenters. The lowest BCUT2D eigenvalue weighted by Crippen LogP contribution is -2.50. The van der Waals surface area contributed by atoms with Crippen LogP contribution in [0.15, 0.2) is 53.4 Å². The number of nitriles is 1. The van der Waals surface area contributed by atoms with Gasteiger partial charge in [-0.2, -0.15) is 5.26 Å². The van der Waals surface area contributed by atoms with Gasteiger partial charge in [0, 0.05) is 36.8 Å². The van der Waals surface area contributed by atoms with E-state index in [1.165, 1.54) is 0 Å². The molecule has 202 valence electrons. The van der Waals surface area contributed by atoms with Crippen molar-refractivity contribution in [2.75, 3.05) is 37.6 Å². The highest BCUT2D eigenvalue weighted by atomic mass is 32.2. The predicted molar refractivity (Wildman–Crippen MR) is 152 cm³/mol. The van der Waals surface area contributed by atoms with Crippen molar-refractivity contribution in [3.8, 4) is 17.2 Å². The normalized spacial score (nSPS) is 17.3. The average molecular weight is 535 g/mol. The van der Waals surface area contributed by atoms with Crippen molar-refractivity contribution in [3.05, 3.63) is 48.5 Å². The zero-order valence-electron chi connectivity index (χ0n) is 22.8. The van der Waals surface area contributed by atoms with E-state index in [1.54, 1.807) is 16.7 Å². The average Bonchev–Trinajstić information content (AvgIpc) is 3.63. The van der Waals surface area contributed by atoms with Gasteiger partial charge in [0.25, 0.3) is 0 Å². The second-order valence-electron chi connectivity index (χ2n) is 11.5. The summed E-state index contributed by atoms with van der Waals surface area (Å²) in [5, 5.41) is 11.4. The second kappa shape index (κ2) is 11.7. The number of hydrogen-bond acceptors (Lipinski definition) is 6. The number of carbonyl (C=O) groups excluding carboxylic acids is 2. The van der Waals surface area contributed by atoms with Crippen molar-refractivity contribution in [1.29, 1.82) is 5.26 Å². The summed E-state index contributed by atoms with van der Waals surface area (Å²) in [7, 11) is 0. The van der Waals surface area contributed by atoms with Crippen molar-refractivity contribution >= 4 is 29.4 Å². The fourth-order valence-electron chi connectivity index (χ4n) is 4.52. The smallest absolute Gasteiger partial charge is 0.410 e. The maximum atomic E-state index is 12.7. The number of hydrogen-bond donors (Lipinski definition) is 1. The topological polar surface area (TPSA) is 85.7 Å². The molecule has 1 aliphatic carbocycles. The molecule has 0 aromatic heterocycles. The molecule has 1 heterocycles. The van der Waals surface area contributed by atoms with Crippen LogP contribution in [0.25, 0.3) is 11.1 Å². The molecule has 38 heavy (non-hydrogen) atoms. The molecule has 7 nitrogen and oxygen atoms in total. The summed E-state index contributed by atoms with van der Waals surface area (Å²) in [5.41, 5.74) is 3.15. The first-order valence-electron chi connectivity index (χ1n) is 13.3. The zero-order valence-corrected chi connectivity index (χ0v) is 23.6. The fraction of sp³-hybridized carbons (Fsp3) is 0.500. The first-order chi connectivity index (χ1) is 18.0. The van der Waals surface area contributed by atoms with Crippen LogP contribution in [-0.4, -0.2) is 60.5 Å². The highest BCUT2D eigenvalue weighted by Gasteiger charge is 2.41. The number of anilines is 1. The number of nitrogens with zero attached hydrogens (tertiary/aromatic N) is 3. The maximum Gasteiger partial charge on any atom is 0.410 e. The molecule has 2 amide bonds. The lowest BCUT2D eigenvalue weighted by Gasteiger charge is -2.36. The van der Waals surface area contributed by atoms with Gasteiger partial charge in [0.15, 0.2) is 0 Å². The van der Waals surface area contributed by atoms with Gasteiger partial charge in [-0.05, 0) is 80.8 Å². The Bertz CT molecular complexity index is 1160. The monoisotopic (exact) mass is 534 g/mol. The Hall–Kier alpha value is -3.18. The molecule has 1 saturated carbocycles. The molecule has 8 heteroatoms. The Balaban J connectivity index is 1.34. The van der Waals surface area contributed by atoms with Crippen LogP contribution in [-0.2, 0) is 9.53 Å². The molecule has 1 aliphatic heterocycles. The standard InChI is InChI=1S/C30H38N4O3S/c1-29(2,3)37-28(36)34-19-17-33(18-20-34)24-9-5-22(6-10-24)23-7-11-25(12-8-23)38-26(21-30(4)13-14-30)27(35)32-16-15-31/h5-12,26H,13-14,16-21H2,1-4H3,(H,32,35). The molecule has 0 radical (unpaired) electrons. The van der Waals surface area contributed by atoms with E-state index in [9.17, 15) is 9.59 Å². The molecule has 2 aliphatic rings. The summed E-state index contributed by atoms with van der Waals surface area (Å²) >= 11 is 1.58. The quantitative estimate of drug-likeness (QED) is 0.345. The van der Waals surface area contributed by atoms with Gasteiger partial charge in [-0.1, -0.05) is 31.2 Å². The molecule has 0 bridgehead atoms. The lowest BCUT2D eigenvalue weighted by molar-refractivity contribution is -0.120. The van der Waals surface area contributed by atoms with E-state index in [1.807, 2.05) is 26.8 Å². The summed E-state index contributed by atoms with van der Waals surface area (Å²) in [6, 6.07) is 18.9. The number of amides is 2. The van der Waals surface area contributed by atoms with Gasteiger partial charge in [0.2, 0.25) is 5.91 Å². The van der Waals surface area contributed by atoms with Gasteiger partial charge >= 0.3 is 6.09 Å². The van der Waals surface area contributed by atoms with Crippen LogP contribution in [0.3, 0.4) is 0 Å². The van der Waals surface area contributed by atoms with Gasteiger partial charge in [-0.25, -0.2) is 4.79 Å². The minimum Gasteiger partial charge on any atom is -0.444 e. The minimum atomic E-state index is -0.482. The highest BCUT2D eigenvalue weighted by molar-refractivity contribution is 8.00. The van der Waals surface area contributed by atoms with Crippen molar-refractivity contribution in [2.45, 2.75) is 62.7 Å². The van der Waals surface area contributed by atoms with Gasteiger partial charge in [-0.3, -0.25) is 4.79 Å². The summed E-state index contributed by atoms with van der Waals surface area (Å²) in [6.45, 7) is 10.8. The number of nitrogens with one attached hydrogen (secondary N) is 1. The third kappa shape index (κ3) is 7.67. The van der Waals surface area contributed by atoms with Crippen molar-refractivity contribution in [2.24, 2.45) is 5.41 Å². The molecule has 2 aromatic carbocycles. The van der Waals surface area contributed by atoms with E-state index in [0.717, 1.165) is 54.1 Å². The molecule has 1 N–H and O–H groups in total. The van der Waals surface area contributed by atoms with Crippen LogP contribution in [0.4, 0.5) is 10.5 Å². The number of thioether (sulfide) groups is 1. The van der Waals surface area contributed by atoms with Crippen LogP contribution in [0.2, 0.25) is 0 Å². The molecule has 4 rings (SSSR count). The Kier molecular flexibility index (Phi) is 8.57. The first-order valence-corrected chi connectivity index (χ1v) is 14.2. The van der Waals surface area contributed by atoms with Crippen LogP contribution >= 0.6 is 11.8 Å². The molecular formula is C30H38N4O3S. The summed E-state index contributed by atoms with van der Waals surface area (Å²) in [5.74, 6) is -0.0590. The van der Waals surface area contributed by atoms with E-state index >= 15 is 0 Å². The minimum absolute atomic E-state index is 0.0426. The lowest BCUT2D eigenvalue weighted by atomic mass is 10.0. The van der Waals surface area contributed by atoms with E-state index in [0.29, 0.717) is 13.1 Å². The number of benzene rings is 2. The third-order valence-electron chi connectivity index (χ3n) is 7.05. The fourth-order valence-corrected chi connectivity index (χ4v) is 5.82. The maximum absolute atomic E-state index is 12.7. The van der Waals surface area contributed by atoms with Crippen molar-refractivity contribution in [1.82, 2.24) is 10.2 Å². The molecule has 0 spiro atoms. The van der Waals surface area contributed by atoms with Crippen LogP contribution in [0.5, 0.6) is 0 Å². The highest BCUT2D eigenvalue weighted by Crippen LogP contribution is 2.51. The largest absolute Gasteiger partial charge is 0.444 e. The Morgan fingerprint density at radius 1 is 1.03 bits per heavy atom. The Morgan fingerprint density at radius 2 is 1.61 bits per heavy atom. The van der Waals surface area contributed by atoms with E-state index in [-0.39, 0.29) is 29.2 Å². The third-order valence-corrected chi connectivity index (χ3v) is 8.26. The summed E-state index contributed by atoms with van der Waals surface area (Å²) in [4.78, 5) is 30.1. The van der Waals surface area contributed by atoms with Crippen LogP contribution in [0.1, 0.15) is 47.0 Å². The second-order valence-corrected chi connectivity index (χ2v) is 12.8. The molecule has 2 fully saturated rings. The first kappa shape index (κ1) is 27.8. The number of rotatable bonds is 8. The van der Waals surface area contributed by atoms with Gasteiger partial charge < -0.3 is 19.9 Å². The van der Waals surface area contributed by atoms with Gasteiger partial charge in [0.1, 0.15) is 12.1 Å². The van der Waals surface area contributed by atoms with Gasteiger partial charge in [0.05, 0.1) is 11.3 Å².